The Morgan fingerprint density at radius 3 is 2.41 bits per heavy atom. The van der Waals surface area contributed by atoms with Gasteiger partial charge in [-0.15, -0.1) is 0 Å². The normalized spacial score (nSPS) is 12.5. The van der Waals surface area contributed by atoms with Crippen molar-refractivity contribution in [2.75, 3.05) is 0 Å². The molecule has 0 aliphatic heterocycles. The molecule has 3 aromatic rings. The van der Waals surface area contributed by atoms with Crippen molar-refractivity contribution in [2.45, 2.75) is 46.5 Å². The van der Waals surface area contributed by atoms with Gasteiger partial charge in [0.05, 0.1) is 23.9 Å². The fourth-order valence-corrected chi connectivity index (χ4v) is 3.77. The Balaban J connectivity index is 2.44. The van der Waals surface area contributed by atoms with Crippen LogP contribution in [-0.4, -0.2) is 9.67 Å². The van der Waals surface area contributed by atoms with E-state index in [0.29, 0.717) is 11.1 Å². The number of aliphatic hydroxyl groups excluding tert-OH is 1. The van der Waals surface area contributed by atoms with Crippen LogP contribution in [0.1, 0.15) is 52.0 Å². The molecule has 3 rings (SSSR count). The van der Waals surface area contributed by atoms with Crippen LogP contribution in [0.15, 0.2) is 47.3 Å². The summed E-state index contributed by atoms with van der Waals surface area (Å²) >= 11 is 0. The molecule has 7 heteroatoms. The van der Waals surface area contributed by atoms with E-state index in [1.807, 2.05) is 26.0 Å². The lowest BCUT2D eigenvalue weighted by atomic mass is 9.95. The summed E-state index contributed by atoms with van der Waals surface area (Å²) in [6.07, 6.45) is -5.86. The second kappa shape index (κ2) is 8.64. The van der Waals surface area contributed by atoms with Crippen LogP contribution in [0.5, 0.6) is 0 Å². The Labute approximate surface area is 184 Å². The minimum Gasteiger partial charge on any atom is -0.389 e. The van der Waals surface area contributed by atoms with Gasteiger partial charge in [-0.05, 0) is 62.1 Å². The van der Waals surface area contributed by atoms with Gasteiger partial charge in [0.1, 0.15) is 11.6 Å². The molecule has 0 aliphatic rings. The van der Waals surface area contributed by atoms with Crippen molar-refractivity contribution in [1.29, 1.82) is 5.26 Å². The molecule has 0 bridgehead atoms. The third-order valence-corrected chi connectivity index (χ3v) is 5.70. The molecule has 4 nitrogen and oxygen atoms in total. The molecule has 0 radical (unpaired) electrons. The molecule has 0 saturated carbocycles. The Hall–Kier alpha value is -3.37. The molecule has 2 aromatic carbocycles. The molecule has 0 aliphatic carbocycles. The maximum atomic E-state index is 13.8. The van der Waals surface area contributed by atoms with Gasteiger partial charge in [0, 0.05) is 5.56 Å². The predicted molar refractivity (Wildman–Crippen MR) is 116 cm³/mol. The molecule has 0 spiro atoms. The van der Waals surface area contributed by atoms with E-state index in [0.717, 1.165) is 28.3 Å². The SMILES string of the molecule is Cc1ccc(C(C)O)c(-c2cc(C(F)(F)F)c(C#N)c(=O)n2Cc2cccc(C)c2C)c1. The lowest BCUT2D eigenvalue weighted by Crippen LogP contribution is -2.29. The van der Waals surface area contributed by atoms with Crippen molar-refractivity contribution in [3.63, 3.8) is 0 Å². The van der Waals surface area contributed by atoms with Crippen LogP contribution in [0.3, 0.4) is 0 Å². The number of pyridine rings is 1. The molecule has 1 unspecified atom stereocenters. The highest BCUT2D eigenvalue weighted by Gasteiger charge is 2.37. The summed E-state index contributed by atoms with van der Waals surface area (Å²) in [5.74, 6) is 0. The number of alkyl halides is 3. The Morgan fingerprint density at radius 2 is 1.81 bits per heavy atom. The molecule has 0 saturated heterocycles. The Bertz CT molecular complexity index is 1280. The largest absolute Gasteiger partial charge is 0.417 e. The second-order valence-corrected chi connectivity index (χ2v) is 7.94. The van der Waals surface area contributed by atoms with Gasteiger partial charge in [-0.1, -0.05) is 35.9 Å². The number of hydrogen-bond acceptors (Lipinski definition) is 3. The number of aromatic nitrogens is 1. The van der Waals surface area contributed by atoms with Crippen LogP contribution in [0.2, 0.25) is 0 Å². The number of aryl methyl sites for hydroxylation is 2. The first kappa shape index (κ1) is 23.3. The van der Waals surface area contributed by atoms with Gasteiger partial charge in [0.2, 0.25) is 0 Å². The summed E-state index contributed by atoms with van der Waals surface area (Å²) < 4.78 is 42.5. The van der Waals surface area contributed by atoms with E-state index >= 15 is 0 Å². The second-order valence-electron chi connectivity index (χ2n) is 7.94. The van der Waals surface area contributed by atoms with E-state index in [-0.39, 0.29) is 12.2 Å². The number of aliphatic hydroxyl groups is 1. The van der Waals surface area contributed by atoms with E-state index in [4.69, 9.17) is 0 Å². The van der Waals surface area contributed by atoms with Gasteiger partial charge in [-0.2, -0.15) is 18.4 Å². The van der Waals surface area contributed by atoms with Crippen LogP contribution < -0.4 is 5.56 Å². The van der Waals surface area contributed by atoms with Gasteiger partial charge in [0.25, 0.3) is 5.56 Å². The first-order valence-electron chi connectivity index (χ1n) is 10.0. The van der Waals surface area contributed by atoms with E-state index < -0.39 is 29.0 Å². The van der Waals surface area contributed by atoms with Crippen LogP contribution in [-0.2, 0) is 12.7 Å². The summed E-state index contributed by atoms with van der Waals surface area (Å²) in [5.41, 5.74) is 0.857. The molecule has 0 fully saturated rings. The summed E-state index contributed by atoms with van der Waals surface area (Å²) in [5, 5.41) is 19.7. The van der Waals surface area contributed by atoms with Crippen LogP contribution in [0.4, 0.5) is 13.2 Å². The van der Waals surface area contributed by atoms with Crippen LogP contribution in [0, 0.1) is 32.1 Å². The zero-order chi connectivity index (χ0) is 23.8. The van der Waals surface area contributed by atoms with Gasteiger partial charge >= 0.3 is 6.18 Å². The van der Waals surface area contributed by atoms with Gasteiger partial charge in [-0.3, -0.25) is 4.79 Å². The zero-order valence-electron chi connectivity index (χ0n) is 18.2. The molecule has 1 heterocycles. The molecule has 1 aromatic heterocycles. The van der Waals surface area contributed by atoms with E-state index in [1.54, 1.807) is 31.2 Å². The highest BCUT2D eigenvalue weighted by atomic mass is 19.4. The molecule has 0 amide bonds. The maximum Gasteiger partial charge on any atom is 0.417 e. The minimum absolute atomic E-state index is 0.00170. The first-order valence-corrected chi connectivity index (χ1v) is 10.0. The monoisotopic (exact) mass is 440 g/mol. The molecule has 1 atom stereocenters. The average Bonchev–Trinajstić information content (AvgIpc) is 2.71. The standard InChI is InChI=1S/C25H23F3N2O2/c1-14-8-9-19(17(4)31)20(10-14)23-11-22(25(26,27)28)21(12-29)24(32)30(23)13-18-7-5-6-15(2)16(18)3/h5-11,17,31H,13H2,1-4H3. The quantitative estimate of drug-likeness (QED) is 0.588. The molecular formula is C25H23F3N2O2. The smallest absolute Gasteiger partial charge is 0.389 e. The third-order valence-electron chi connectivity index (χ3n) is 5.70. The number of halogens is 3. The minimum atomic E-state index is -4.88. The predicted octanol–water partition coefficient (Wildman–Crippen LogP) is 5.43. The number of benzene rings is 2. The van der Waals surface area contributed by atoms with Gasteiger partial charge in [-0.25, -0.2) is 0 Å². The first-order chi connectivity index (χ1) is 15.0. The van der Waals surface area contributed by atoms with E-state index in [1.165, 1.54) is 17.6 Å². The molecule has 1 N–H and O–H groups in total. The number of rotatable bonds is 4. The highest BCUT2D eigenvalue weighted by Crippen LogP contribution is 2.36. The topological polar surface area (TPSA) is 66.0 Å². The maximum absolute atomic E-state index is 13.8. The van der Waals surface area contributed by atoms with Gasteiger partial charge < -0.3 is 9.67 Å². The molecule has 32 heavy (non-hydrogen) atoms. The van der Waals surface area contributed by atoms with Crippen molar-refractivity contribution in [3.8, 4) is 17.3 Å². The summed E-state index contributed by atoms with van der Waals surface area (Å²) in [7, 11) is 0. The summed E-state index contributed by atoms with van der Waals surface area (Å²) in [6.45, 7) is 7.05. The molecule has 166 valence electrons. The van der Waals surface area contributed by atoms with Crippen molar-refractivity contribution in [2.24, 2.45) is 0 Å². The average molecular weight is 440 g/mol. The van der Waals surface area contributed by atoms with E-state index in [2.05, 4.69) is 0 Å². The lowest BCUT2D eigenvalue weighted by Gasteiger charge is -2.21. The van der Waals surface area contributed by atoms with Crippen LogP contribution in [0.25, 0.3) is 11.3 Å². The third kappa shape index (κ3) is 4.32. The summed E-state index contributed by atoms with van der Waals surface area (Å²) in [6, 6.07) is 12.8. The van der Waals surface area contributed by atoms with Crippen LogP contribution >= 0.6 is 0 Å². The van der Waals surface area contributed by atoms with Crippen molar-refractivity contribution in [1.82, 2.24) is 4.57 Å². The van der Waals surface area contributed by atoms with Crippen molar-refractivity contribution in [3.05, 3.63) is 91.8 Å². The van der Waals surface area contributed by atoms with Crippen molar-refractivity contribution < 1.29 is 18.3 Å². The van der Waals surface area contributed by atoms with Gasteiger partial charge in [0.15, 0.2) is 0 Å². The summed E-state index contributed by atoms with van der Waals surface area (Å²) in [4.78, 5) is 13.2. The fourth-order valence-electron chi connectivity index (χ4n) is 3.77. The van der Waals surface area contributed by atoms with Crippen molar-refractivity contribution >= 4 is 0 Å². The number of hydrogen-bond donors (Lipinski definition) is 1. The zero-order valence-corrected chi connectivity index (χ0v) is 18.2. The lowest BCUT2D eigenvalue weighted by molar-refractivity contribution is -0.137. The Morgan fingerprint density at radius 1 is 1.12 bits per heavy atom. The Kier molecular flexibility index (Phi) is 6.29. The molecular weight excluding hydrogens is 417 g/mol. The van der Waals surface area contributed by atoms with E-state index in [9.17, 15) is 28.3 Å². The highest BCUT2D eigenvalue weighted by molar-refractivity contribution is 5.68. The number of nitriles is 1. The number of nitrogens with zero attached hydrogens (tertiary/aromatic N) is 2. The fraction of sp³-hybridized carbons (Fsp3) is 0.280.